The van der Waals surface area contributed by atoms with Crippen LogP contribution in [0.2, 0.25) is 0 Å². The molecule has 0 aromatic rings. The molecule has 5 unspecified atom stereocenters. The number of aliphatic hydroxyl groups excluding tert-OH is 2. The lowest BCUT2D eigenvalue weighted by Crippen LogP contribution is -2.47. The van der Waals surface area contributed by atoms with Gasteiger partial charge >= 0.3 is 0 Å². The number of likely N-dealkylation sites (tertiary alicyclic amines) is 1. The van der Waals surface area contributed by atoms with Crippen LogP contribution in [0.25, 0.3) is 0 Å². The molecule has 0 aromatic carbocycles. The van der Waals surface area contributed by atoms with Gasteiger partial charge in [0.25, 0.3) is 23.6 Å². The first-order chi connectivity index (χ1) is 31.9. The predicted octanol–water partition coefficient (Wildman–Crippen LogP) is 4.99. The first-order valence-corrected chi connectivity index (χ1v) is 26.1. The molecule has 6 amide bonds. The van der Waals surface area contributed by atoms with E-state index in [-0.39, 0.29) is 17.8 Å². The summed E-state index contributed by atoms with van der Waals surface area (Å²) < 4.78 is 0. The molecule has 67 heavy (non-hydrogen) atoms. The third-order valence-electron chi connectivity index (χ3n) is 13.3. The first-order valence-electron chi connectivity index (χ1n) is 24.8. The molecule has 4 aliphatic rings. The van der Waals surface area contributed by atoms with Gasteiger partial charge in [-0.1, -0.05) is 131 Å². The van der Waals surface area contributed by atoms with Crippen LogP contribution in [0.15, 0.2) is 22.4 Å². The van der Waals surface area contributed by atoms with Crippen LogP contribution in [-0.4, -0.2) is 139 Å². The fourth-order valence-electron chi connectivity index (χ4n) is 9.82. The lowest BCUT2D eigenvalue weighted by Gasteiger charge is -2.38. The van der Waals surface area contributed by atoms with Crippen molar-refractivity contribution >= 4 is 58.6 Å². The van der Waals surface area contributed by atoms with E-state index in [0.717, 1.165) is 117 Å². The standard InChI is InChI=1S/C23H40N4O5.C22H35N3O5.C4H10S/c1-4-7-16-9-6-10-17(8-5-2)13-23(32,12-16)19(15-28)25-26-20(29)14-27-21(30)11-18(24-3)22(27)31;1-3-6-16-8-5-9-17(7-4-2)13-22(30,12-16)18(15-26)23-24-19(27)14-25-20(28)10-11-21(25)29;1-4(2)5-3/h16-18,24,28,32H,4-15H2,1-3H3,(H,26,29);10-11,16-17,26,30H,3-9,12-15H2,1-2H3,(H,24,27);4H,1-3H3/b25-19+;23-18+;. The number of hydrogen-bond donors (Lipinski definition) is 7. The Morgan fingerprint density at radius 1 is 0.687 bits per heavy atom. The lowest BCUT2D eigenvalue weighted by molar-refractivity contribution is -0.142. The molecule has 1 saturated heterocycles. The molecule has 0 spiro atoms. The summed E-state index contributed by atoms with van der Waals surface area (Å²) in [6, 6.07) is -0.617. The van der Waals surface area contributed by atoms with Gasteiger partial charge in [-0.2, -0.15) is 22.0 Å². The molecule has 17 nitrogen and oxygen atoms in total. The van der Waals surface area contributed by atoms with Crippen LogP contribution >= 0.6 is 11.8 Å². The number of hydrazone groups is 2. The number of amides is 6. The monoisotopic (exact) mass is 964 g/mol. The summed E-state index contributed by atoms with van der Waals surface area (Å²) in [7, 11) is 1.59. The average molecular weight is 964 g/mol. The Balaban J connectivity index is 0.000000418. The van der Waals surface area contributed by atoms with Gasteiger partial charge in [0.2, 0.25) is 11.8 Å². The molecule has 3 fully saturated rings. The quantitative estimate of drug-likeness (QED) is 0.0485. The van der Waals surface area contributed by atoms with E-state index in [1.54, 1.807) is 7.05 Å². The molecule has 5 atom stereocenters. The van der Waals surface area contributed by atoms with Crippen molar-refractivity contribution in [2.45, 2.75) is 186 Å². The zero-order valence-electron chi connectivity index (χ0n) is 41.8. The maximum absolute atomic E-state index is 12.4. The van der Waals surface area contributed by atoms with E-state index in [1.165, 1.54) is 0 Å². The van der Waals surface area contributed by atoms with E-state index >= 15 is 0 Å². The number of carbonyl (C=O) groups excluding carboxylic acids is 6. The van der Waals surface area contributed by atoms with Crippen LogP contribution in [0.3, 0.4) is 0 Å². The molecule has 2 saturated carbocycles. The molecule has 0 radical (unpaired) electrons. The zero-order chi connectivity index (χ0) is 50.2. The largest absolute Gasteiger partial charge is 0.390 e. The van der Waals surface area contributed by atoms with Crippen molar-refractivity contribution in [1.29, 1.82) is 0 Å². The Morgan fingerprint density at radius 2 is 1.03 bits per heavy atom. The Bertz CT molecular complexity index is 1640. The van der Waals surface area contributed by atoms with Gasteiger partial charge in [-0.15, -0.1) is 0 Å². The molecule has 18 heteroatoms. The predicted molar refractivity (Wildman–Crippen MR) is 264 cm³/mol. The van der Waals surface area contributed by atoms with Crippen molar-refractivity contribution in [3.8, 4) is 0 Å². The van der Waals surface area contributed by atoms with E-state index in [9.17, 15) is 49.2 Å². The molecule has 0 aromatic heterocycles. The average Bonchev–Trinajstić information content (AvgIpc) is 3.73. The second-order valence-electron chi connectivity index (χ2n) is 19.1. The summed E-state index contributed by atoms with van der Waals surface area (Å²) >= 11 is 1.88. The fraction of sp³-hybridized carbons (Fsp3) is 0.796. The lowest BCUT2D eigenvalue weighted by atomic mass is 9.72. The van der Waals surface area contributed by atoms with Gasteiger partial charge in [0.15, 0.2) is 0 Å². The van der Waals surface area contributed by atoms with Crippen molar-refractivity contribution in [1.82, 2.24) is 26.0 Å². The highest BCUT2D eigenvalue weighted by Gasteiger charge is 2.42. The van der Waals surface area contributed by atoms with E-state index in [2.05, 4.69) is 74.2 Å². The number of imide groups is 2. The topological polar surface area (TPSA) is 251 Å². The molecular weight excluding hydrogens is 879 g/mol. The summed E-state index contributed by atoms with van der Waals surface area (Å²) in [5.41, 5.74) is 2.35. The molecule has 382 valence electrons. The minimum absolute atomic E-state index is 0.0190. The van der Waals surface area contributed by atoms with Crippen LogP contribution in [0.5, 0.6) is 0 Å². The maximum Gasteiger partial charge on any atom is 0.260 e. The smallest absolute Gasteiger partial charge is 0.260 e. The molecule has 2 heterocycles. The van der Waals surface area contributed by atoms with E-state index in [4.69, 9.17) is 0 Å². The Labute approximate surface area is 404 Å². The van der Waals surface area contributed by atoms with E-state index in [0.29, 0.717) is 49.4 Å². The van der Waals surface area contributed by atoms with E-state index < -0.39 is 79.0 Å². The highest BCUT2D eigenvalue weighted by molar-refractivity contribution is 7.99. The van der Waals surface area contributed by atoms with Crippen molar-refractivity contribution in [2.75, 3.05) is 39.6 Å². The van der Waals surface area contributed by atoms with Gasteiger partial charge in [0.05, 0.1) is 37.1 Å². The second kappa shape index (κ2) is 30.8. The summed E-state index contributed by atoms with van der Waals surface area (Å²) in [5.74, 6) is -1.93. The number of aliphatic hydroxyl groups is 4. The van der Waals surface area contributed by atoms with Gasteiger partial charge in [0.1, 0.15) is 24.3 Å². The molecule has 4 rings (SSSR count). The number of carbonyl (C=O) groups is 6. The Hall–Kier alpha value is -3.55. The minimum atomic E-state index is -1.29. The number of rotatable bonds is 20. The third-order valence-corrected chi connectivity index (χ3v) is 14.3. The van der Waals surface area contributed by atoms with Gasteiger partial charge in [-0.3, -0.25) is 38.6 Å². The number of thioether (sulfide) groups is 1. The Kier molecular flexibility index (Phi) is 27.4. The highest BCUT2D eigenvalue weighted by atomic mass is 32.2. The summed E-state index contributed by atoms with van der Waals surface area (Å²) in [6.07, 6.45) is 20.9. The minimum Gasteiger partial charge on any atom is -0.390 e. The van der Waals surface area contributed by atoms with Crippen LogP contribution in [0.4, 0.5) is 0 Å². The van der Waals surface area contributed by atoms with Crippen molar-refractivity contribution in [2.24, 2.45) is 33.9 Å². The van der Waals surface area contributed by atoms with Crippen LogP contribution in [-0.2, 0) is 28.8 Å². The van der Waals surface area contributed by atoms with Crippen molar-refractivity contribution < 1.29 is 49.2 Å². The summed E-state index contributed by atoms with van der Waals surface area (Å²) in [4.78, 5) is 73.7. The zero-order valence-corrected chi connectivity index (χ0v) is 42.6. The van der Waals surface area contributed by atoms with Crippen LogP contribution < -0.4 is 16.2 Å². The Morgan fingerprint density at radius 3 is 1.31 bits per heavy atom. The fourth-order valence-corrected chi connectivity index (χ4v) is 9.82. The van der Waals surface area contributed by atoms with Crippen LogP contribution in [0, 0.1) is 23.7 Å². The SMILES string of the molecule is CCCC1CCCC(CCC)CC(O)(/C(CO)=N/NC(=O)CN2C(=O)C=CC2=O)C1.CCCC1CCCC(CCC)CC(O)(/C(CO)=N/NC(=O)CN2C(=O)CC(NC)C2=O)C1.CSC(C)C. The molecule has 7 N–H and O–H groups in total. The summed E-state index contributed by atoms with van der Waals surface area (Å²) in [6.45, 7) is 11.0. The van der Waals surface area contributed by atoms with Gasteiger partial charge in [-0.25, -0.2) is 10.9 Å². The number of likely N-dealkylation sites (N-methyl/N-ethyl adjacent to an activating group) is 1. The van der Waals surface area contributed by atoms with Crippen molar-refractivity contribution in [3.05, 3.63) is 12.2 Å². The van der Waals surface area contributed by atoms with Gasteiger partial charge in [0, 0.05) is 12.2 Å². The summed E-state index contributed by atoms with van der Waals surface area (Å²) in [5, 5.41) is 54.8. The second-order valence-corrected chi connectivity index (χ2v) is 20.5. The third kappa shape index (κ3) is 19.8. The van der Waals surface area contributed by atoms with Gasteiger partial charge < -0.3 is 25.7 Å². The highest BCUT2D eigenvalue weighted by Crippen LogP contribution is 2.39. The number of nitrogens with one attached hydrogen (secondary N) is 3. The van der Waals surface area contributed by atoms with Crippen LogP contribution in [0.1, 0.15) is 164 Å². The maximum atomic E-state index is 12.4. The molecule has 2 aliphatic carbocycles. The molecular formula is C49H85N7O10S. The molecule has 2 aliphatic heterocycles. The number of nitrogens with zero attached hydrogens (tertiary/aromatic N) is 4. The first kappa shape index (κ1) is 59.6. The normalized spacial score (nSPS) is 27.4. The molecule has 0 bridgehead atoms. The van der Waals surface area contributed by atoms with Crippen molar-refractivity contribution in [3.63, 3.8) is 0 Å². The number of hydrogen-bond acceptors (Lipinski definition) is 14. The van der Waals surface area contributed by atoms with E-state index in [1.807, 2.05) is 11.8 Å². The van der Waals surface area contributed by atoms with Gasteiger partial charge in [-0.05, 0) is 67.9 Å².